The Morgan fingerprint density at radius 3 is 2.74 bits per heavy atom. The number of aryl methyl sites for hydroxylation is 1. The van der Waals surface area contributed by atoms with E-state index in [1.165, 1.54) is 40.9 Å². The van der Waals surface area contributed by atoms with E-state index in [4.69, 9.17) is 4.74 Å². The number of anilines is 1. The average Bonchev–Trinajstić information content (AvgIpc) is 3.38. The van der Waals surface area contributed by atoms with Gasteiger partial charge >= 0.3 is 5.69 Å². The van der Waals surface area contributed by atoms with Gasteiger partial charge in [0.1, 0.15) is 12.3 Å². The lowest BCUT2D eigenvalue weighted by atomic mass is 10.2. The van der Waals surface area contributed by atoms with Gasteiger partial charge in [-0.25, -0.2) is 14.8 Å². The Kier molecular flexibility index (Phi) is 5.50. The highest BCUT2D eigenvalue weighted by atomic mass is 79.9. The molecule has 0 radical (unpaired) electrons. The molecule has 4 rings (SSSR count). The number of carbonyl (C=O) groups is 1. The lowest BCUT2D eigenvalue weighted by Crippen LogP contribution is -2.37. The number of nitrogens with one attached hydrogen (secondary N) is 1. The normalized spacial score (nSPS) is 11.1. The van der Waals surface area contributed by atoms with E-state index in [2.05, 4.69) is 31.2 Å². The van der Waals surface area contributed by atoms with Crippen LogP contribution in [0.25, 0.3) is 22.4 Å². The number of imidazole rings is 1. The number of rotatable bonds is 5. The molecule has 0 bridgehead atoms. The van der Waals surface area contributed by atoms with Crippen LogP contribution in [0.1, 0.15) is 0 Å². The topological polar surface area (TPSA) is 113 Å². The van der Waals surface area contributed by atoms with Crippen LogP contribution in [0.3, 0.4) is 0 Å². The third kappa shape index (κ3) is 3.79. The largest absolute Gasteiger partial charge is 0.496 e. The summed E-state index contributed by atoms with van der Waals surface area (Å²) in [5.74, 6) is 0.343. The smallest absolute Gasteiger partial charge is 0.332 e. The molecular formula is C19H17BrN6O4S. The molecule has 0 unspecified atom stereocenters. The van der Waals surface area contributed by atoms with Gasteiger partial charge in [-0.2, -0.15) is 0 Å². The van der Waals surface area contributed by atoms with Gasteiger partial charge in [0, 0.05) is 25.0 Å². The second kappa shape index (κ2) is 8.12. The van der Waals surface area contributed by atoms with Crippen molar-refractivity contribution in [3.8, 4) is 17.0 Å². The van der Waals surface area contributed by atoms with E-state index in [0.717, 1.165) is 14.6 Å². The van der Waals surface area contributed by atoms with Crippen LogP contribution in [0.15, 0.2) is 44.0 Å². The summed E-state index contributed by atoms with van der Waals surface area (Å²) in [7, 11) is 4.50. The van der Waals surface area contributed by atoms with E-state index in [0.29, 0.717) is 16.6 Å². The first-order valence-corrected chi connectivity index (χ1v) is 10.7. The van der Waals surface area contributed by atoms with Crippen LogP contribution < -0.4 is 21.3 Å². The van der Waals surface area contributed by atoms with E-state index in [-0.39, 0.29) is 23.6 Å². The summed E-state index contributed by atoms with van der Waals surface area (Å²) in [4.78, 5) is 45.7. The molecule has 0 atom stereocenters. The maximum Gasteiger partial charge on any atom is 0.332 e. The minimum atomic E-state index is -0.509. The molecule has 3 heterocycles. The van der Waals surface area contributed by atoms with Gasteiger partial charge in [-0.05, 0) is 34.1 Å². The molecule has 0 aliphatic rings. The molecule has 160 valence electrons. The van der Waals surface area contributed by atoms with Crippen LogP contribution in [0.4, 0.5) is 5.13 Å². The summed E-state index contributed by atoms with van der Waals surface area (Å²) >= 11 is 4.74. The van der Waals surface area contributed by atoms with Crippen LogP contribution in [0.2, 0.25) is 0 Å². The molecule has 0 fully saturated rings. The van der Waals surface area contributed by atoms with E-state index < -0.39 is 11.2 Å². The van der Waals surface area contributed by atoms with Crippen molar-refractivity contribution in [2.75, 3.05) is 12.4 Å². The van der Waals surface area contributed by atoms with Crippen molar-refractivity contribution in [1.29, 1.82) is 0 Å². The molecule has 31 heavy (non-hydrogen) atoms. The van der Waals surface area contributed by atoms with Crippen LogP contribution in [-0.2, 0) is 25.4 Å². The van der Waals surface area contributed by atoms with Crippen LogP contribution in [-0.4, -0.2) is 36.7 Å². The highest BCUT2D eigenvalue weighted by molar-refractivity contribution is 9.10. The second-order valence-corrected chi connectivity index (χ2v) is 8.40. The van der Waals surface area contributed by atoms with E-state index in [1.54, 1.807) is 7.11 Å². The van der Waals surface area contributed by atoms with Gasteiger partial charge in [-0.3, -0.25) is 18.7 Å². The number of thiazole rings is 1. The first kappa shape index (κ1) is 21.0. The van der Waals surface area contributed by atoms with Crippen molar-refractivity contribution in [3.63, 3.8) is 0 Å². The van der Waals surface area contributed by atoms with Crippen molar-refractivity contribution >= 4 is 49.5 Å². The summed E-state index contributed by atoms with van der Waals surface area (Å²) < 4.78 is 9.70. The summed E-state index contributed by atoms with van der Waals surface area (Å²) in [6.45, 7) is -0.146. The minimum Gasteiger partial charge on any atom is -0.496 e. The van der Waals surface area contributed by atoms with Gasteiger partial charge in [0.15, 0.2) is 16.3 Å². The molecule has 1 aromatic carbocycles. The number of benzene rings is 1. The summed E-state index contributed by atoms with van der Waals surface area (Å²) in [5, 5.41) is 5.00. The fraction of sp³-hybridized carbons (Fsp3) is 0.211. The molecule has 1 N–H and O–H groups in total. The second-order valence-electron chi connectivity index (χ2n) is 6.69. The molecule has 0 saturated carbocycles. The van der Waals surface area contributed by atoms with E-state index in [9.17, 15) is 14.4 Å². The van der Waals surface area contributed by atoms with Gasteiger partial charge in [0.2, 0.25) is 5.91 Å². The van der Waals surface area contributed by atoms with Gasteiger partial charge in [0.25, 0.3) is 5.56 Å². The Morgan fingerprint density at radius 2 is 2.03 bits per heavy atom. The van der Waals surface area contributed by atoms with E-state index in [1.807, 2.05) is 23.6 Å². The lowest BCUT2D eigenvalue weighted by molar-refractivity contribution is -0.116. The molecule has 1 amide bonds. The molecule has 0 aliphatic heterocycles. The number of nitrogens with zero attached hydrogens (tertiary/aromatic N) is 5. The number of ether oxygens (including phenoxy) is 1. The summed E-state index contributed by atoms with van der Waals surface area (Å²) in [6.07, 6.45) is 1.37. The van der Waals surface area contributed by atoms with Gasteiger partial charge in [-0.15, -0.1) is 11.3 Å². The zero-order valence-electron chi connectivity index (χ0n) is 16.7. The van der Waals surface area contributed by atoms with E-state index >= 15 is 0 Å². The third-order valence-corrected chi connectivity index (χ3v) is 6.11. The number of fused-ring (bicyclic) bond motifs is 1. The maximum atomic E-state index is 12.6. The molecule has 0 saturated heterocycles. The predicted octanol–water partition coefficient (Wildman–Crippen LogP) is 1.97. The van der Waals surface area contributed by atoms with Gasteiger partial charge in [0.05, 0.1) is 23.6 Å². The molecule has 0 aliphatic carbocycles. The SMILES string of the molecule is COc1ccc(-c2csc(NC(=O)Cn3cnc4c3c(=O)n(C)c(=O)n4C)n2)cc1Br. The standard InChI is InChI=1S/C19H17BrN6O4S/c1-24-16-15(17(28)25(2)19(24)29)26(9-21-16)7-14(27)23-18-22-12(8-31-18)10-4-5-13(30-3)11(20)6-10/h4-6,8-9H,7H2,1-3H3,(H,22,23,27). The summed E-state index contributed by atoms with van der Waals surface area (Å²) in [5.41, 5.74) is 0.998. The number of halogens is 1. The highest BCUT2D eigenvalue weighted by Gasteiger charge is 2.17. The number of hydrogen-bond acceptors (Lipinski definition) is 7. The Balaban J connectivity index is 1.55. The monoisotopic (exact) mass is 504 g/mol. The van der Waals surface area contributed by atoms with Crippen molar-refractivity contribution in [2.45, 2.75) is 6.54 Å². The predicted molar refractivity (Wildman–Crippen MR) is 121 cm³/mol. The van der Waals surface area contributed by atoms with Gasteiger partial charge < -0.3 is 14.6 Å². The van der Waals surface area contributed by atoms with Crippen LogP contribution in [0, 0.1) is 0 Å². The fourth-order valence-corrected chi connectivity index (χ4v) is 4.40. The number of carbonyl (C=O) groups excluding carboxylic acids is 1. The number of amides is 1. The summed E-state index contributed by atoms with van der Waals surface area (Å²) in [6, 6.07) is 5.59. The first-order valence-electron chi connectivity index (χ1n) is 9.00. The molecule has 4 aromatic rings. The van der Waals surface area contributed by atoms with Crippen molar-refractivity contribution in [2.24, 2.45) is 14.1 Å². The number of methoxy groups -OCH3 is 1. The minimum absolute atomic E-state index is 0.146. The Morgan fingerprint density at radius 1 is 1.26 bits per heavy atom. The quantitative estimate of drug-likeness (QED) is 0.444. The van der Waals surface area contributed by atoms with Crippen LogP contribution >= 0.6 is 27.3 Å². The zero-order valence-corrected chi connectivity index (χ0v) is 19.2. The molecule has 3 aromatic heterocycles. The first-order chi connectivity index (χ1) is 14.8. The van der Waals surface area contributed by atoms with Crippen molar-refractivity contribution in [3.05, 3.63) is 55.2 Å². The molecule has 12 heteroatoms. The van der Waals surface area contributed by atoms with Crippen molar-refractivity contribution in [1.82, 2.24) is 23.7 Å². The lowest BCUT2D eigenvalue weighted by Gasteiger charge is -2.06. The number of aromatic nitrogens is 5. The average molecular weight is 505 g/mol. The van der Waals surface area contributed by atoms with Crippen LogP contribution in [0.5, 0.6) is 5.75 Å². The Hall–Kier alpha value is -3.25. The fourth-order valence-electron chi connectivity index (χ4n) is 3.12. The van der Waals surface area contributed by atoms with Crippen molar-refractivity contribution < 1.29 is 9.53 Å². The molecule has 10 nitrogen and oxygen atoms in total. The maximum absolute atomic E-state index is 12.6. The number of hydrogen-bond donors (Lipinski definition) is 1. The highest BCUT2D eigenvalue weighted by Crippen LogP contribution is 2.32. The molecule has 0 spiro atoms. The third-order valence-electron chi connectivity index (χ3n) is 4.73. The zero-order chi connectivity index (χ0) is 22.3. The molecular weight excluding hydrogens is 488 g/mol. The Bertz CT molecular complexity index is 1430. The van der Waals surface area contributed by atoms with Gasteiger partial charge in [-0.1, -0.05) is 0 Å². The Labute approximate surface area is 187 Å².